The summed E-state index contributed by atoms with van der Waals surface area (Å²) in [4.78, 5) is 2.45. The maximum absolute atomic E-state index is 9.84. The predicted molar refractivity (Wildman–Crippen MR) is 70.9 cm³/mol. The molecule has 1 aliphatic rings. The monoisotopic (exact) mass is 234 g/mol. The van der Waals surface area contributed by atoms with Gasteiger partial charge in [-0.1, -0.05) is 12.8 Å². The first-order valence-electron chi connectivity index (χ1n) is 6.48. The number of benzene rings is 1. The van der Waals surface area contributed by atoms with Gasteiger partial charge in [0.05, 0.1) is 0 Å². The molecule has 1 fully saturated rings. The van der Waals surface area contributed by atoms with Crippen molar-refractivity contribution in [2.75, 3.05) is 12.3 Å². The molecular weight excluding hydrogens is 212 g/mol. The van der Waals surface area contributed by atoms with Crippen molar-refractivity contribution in [3.63, 3.8) is 0 Å². The summed E-state index contributed by atoms with van der Waals surface area (Å²) in [5.41, 5.74) is 7.43. The van der Waals surface area contributed by atoms with E-state index in [2.05, 4.69) is 11.8 Å². The van der Waals surface area contributed by atoms with Crippen molar-refractivity contribution < 1.29 is 5.11 Å². The summed E-state index contributed by atoms with van der Waals surface area (Å²) < 4.78 is 0. The third kappa shape index (κ3) is 3.13. The van der Waals surface area contributed by atoms with E-state index in [9.17, 15) is 5.11 Å². The molecule has 2 rings (SSSR count). The zero-order valence-electron chi connectivity index (χ0n) is 10.5. The van der Waals surface area contributed by atoms with Gasteiger partial charge in [-0.2, -0.15) is 0 Å². The molecule has 1 aliphatic heterocycles. The molecule has 1 aromatic rings. The molecule has 3 heteroatoms. The quantitative estimate of drug-likeness (QED) is 0.611. The topological polar surface area (TPSA) is 49.5 Å². The van der Waals surface area contributed by atoms with Crippen LogP contribution >= 0.6 is 0 Å². The number of phenolic OH excluding ortho intramolecular Hbond substituents is 1. The number of nitrogen functional groups attached to an aromatic ring is 1. The molecule has 3 N–H and O–H groups in total. The summed E-state index contributed by atoms with van der Waals surface area (Å²) in [5.74, 6) is 0.357. The van der Waals surface area contributed by atoms with Crippen molar-refractivity contribution in [1.29, 1.82) is 0 Å². The van der Waals surface area contributed by atoms with Crippen molar-refractivity contribution in [3.8, 4) is 5.75 Å². The number of nitrogens with zero attached hydrogens (tertiary/aromatic N) is 1. The van der Waals surface area contributed by atoms with Crippen LogP contribution < -0.4 is 5.73 Å². The third-order valence-corrected chi connectivity index (χ3v) is 3.67. The molecule has 3 nitrogen and oxygen atoms in total. The average Bonchev–Trinajstić information content (AvgIpc) is 2.50. The highest BCUT2D eigenvalue weighted by atomic mass is 16.3. The van der Waals surface area contributed by atoms with Crippen LogP contribution in [-0.2, 0) is 6.54 Å². The molecule has 0 aromatic heterocycles. The standard InChI is InChI=1S/C14H22N2O/c1-11-5-3-2-4-8-16(11)10-12-9-13(15)6-7-14(12)17/h6-7,9,11,17H,2-5,8,10,15H2,1H3. The second-order valence-corrected chi connectivity index (χ2v) is 5.06. The fourth-order valence-corrected chi connectivity index (χ4v) is 2.52. The van der Waals surface area contributed by atoms with Crippen molar-refractivity contribution in [1.82, 2.24) is 4.90 Å². The number of rotatable bonds is 2. The lowest BCUT2D eigenvalue weighted by atomic mass is 10.1. The zero-order chi connectivity index (χ0) is 12.3. The fourth-order valence-electron chi connectivity index (χ4n) is 2.52. The van der Waals surface area contributed by atoms with E-state index in [4.69, 9.17) is 5.73 Å². The van der Waals surface area contributed by atoms with Gasteiger partial charge < -0.3 is 10.8 Å². The minimum absolute atomic E-state index is 0.357. The Bertz CT molecular complexity index is 378. The molecule has 17 heavy (non-hydrogen) atoms. The van der Waals surface area contributed by atoms with Crippen LogP contribution in [0.1, 0.15) is 38.2 Å². The number of anilines is 1. The number of hydrogen-bond acceptors (Lipinski definition) is 3. The molecule has 0 aliphatic carbocycles. The Kier molecular flexibility index (Phi) is 3.89. The molecule has 0 bridgehead atoms. The molecule has 94 valence electrons. The molecule has 0 spiro atoms. The van der Waals surface area contributed by atoms with E-state index in [1.54, 1.807) is 12.1 Å². The van der Waals surface area contributed by atoms with Crippen LogP contribution in [-0.4, -0.2) is 22.6 Å². The first-order chi connectivity index (χ1) is 8.16. The lowest BCUT2D eigenvalue weighted by molar-refractivity contribution is 0.202. The first kappa shape index (κ1) is 12.2. The van der Waals surface area contributed by atoms with Crippen LogP contribution in [0.25, 0.3) is 0 Å². The highest BCUT2D eigenvalue weighted by molar-refractivity contribution is 5.47. The summed E-state index contributed by atoms with van der Waals surface area (Å²) in [6.07, 6.45) is 5.15. The summed E-state index contributed by atoms with van der Waals surface area (Å²) in [7, 11) is 0. The predicted octanol–water partition coefficient (Wildman–Crippen LogP) is 2.74. The largest absolute Gasteiger partial charge is 0.508 e. The van der Waals surface area contributed by atoms with E-state index in [1.807, 2.05) is 6.07 Å². The average molecular weight is 234 g/mol. The second kappa shape index (κ2) is 5.41. The molecule has 0 radical (unpaired) electrons. The van der Waals surface area contributed by atoms with Crippen molar-refractivity contribution >= 4 is 5.69 Å². The maximum atomic E-state index is 9.84. The minimum Gasteiger partial charge on any atom is -0.508 e. The summed E-state index contributed by atoms with van der Waals surface area (Å²) in [5, 5.41) is 9.84. The van der Waals surface area contributed by atoms with Gasteiger partial charge in [-0.3, -0.25) is 4.90 Å². The van der Waals surface area contributed by atoms with E-state index >= 15 is 0 Å². The second-order valence-electron chi connectivity index (χ2n) is 5.06. The van der Waals surface area contributed by atoms with E-state index in [0.717, 1.165) is 24.3 Å². The Labute approximate surface area is 103 Å². The Hall–Kier alpha value is -1.22. The molecule has 1 unspecified atom stereocenters. The zero-order valence-corrected chi connectivity index (χ0v) is 10.5. The number of likely N-dealkylation sites (tertiary alicyclic amines) is 1. The van der Waals surface area contributed by atoms with Gasteiger partial charge in [0.25, 0.3) is 0 Å². The smallest absolute Gasteiger partial charge is 0.120 e. The molecule has 0 saturated carbocycles. The number of phenols is 1. The van der Waals surface area contributed by atoms with E-state index in [0.29, 0.717) is 11.8 Å². The molecule has 1 saturated heterocycles. The maximum Gasteiger partial charge on any atom is 0.120 e. The van der Waals surface area contributed by atoms with Gasteiger partial charge >= 0.3 is 0 Å². The number of aromatic hydroxyl groups is 1. The van der Waals surface area contributed by atoms with Crippen molar-refractivity contribution in [3.05, 3.63) is 23.8 Å². The summed E-state index contributed by atoms with van der Waals surface area (Å²) in [6.45, 7) is 4.20. The van der Waals surface area contributed by atoms with Crippen LogP contribution in [0, 0.1) is 0 Å². The van der Waals surface area contributed by atoms with Gasteiger partial charge in [-0.25, -0.2) is 0 Å². The third-order valence-electron chi connectivity index (χ3n) is 3.67. The lowest BCUT2D eigenvalue weighted by Crippen LogP contribution is -2.31. The molecule has 1 heterocycles. The Morgan fingerprint density at radius 3 is 3.00 bits per heavy atom. The van der Waals surface area contributed by atoms with E-state index in [1.165, 1.54) is 25.7 Å². The Morgan fingerprint density at radius 1 is 1.35 bits per heavy atom. The van der Waals surface area contributed by atoms with Gasteiger partial charge in [-0.15, -0.1) is 0 Å². The van der Waals surface area contributed by atoms with Gasteiger partial charge in [-0.05, 0) is 44.5 Å². The van der Waals surface area contributed by atoms with Crippen molar-refractivity contribution in [2.24, 2.45) is 0 Å². The van der Waals surface area contributed by atoms with Gasteiger partial charge in [0.1, 0.15) is 5.75 Å². The molecule has 1 atom stereocenters. The minimum atomic E-state index is 0.357. The van der Waals surface area contributed by atoms with Gasteiger partial charge in [0.2, 0.25) is 0 Å². The highest BCUT2D eigenvalue weighted by Gasteiger charge is 2.18. The highest BCUT2D eigenvalue weighted by Crippen LogP contribution is 2.24. The van der Waals surface area contributed by atoms with Gasteiger partial charge in [0, 0.05) is 23.8 Å². The number of hydrogen-bond donors (Lipinski definition) is 2. The SMILES string of the molecule is CC1CCCCCN1Cc1cc(N)ccc1O. The Morgan fingerprint density at radius 2 is 2.18 bits per heavy atom. The number of nitrogens with two attached hydrogens (primary N) is 1. The molecule has 0 amide bonds. The normalized spacial score (nSPS) is 22.3. The van der Waals surface area contributed by atoms with E-state index in [-0.39, 0.29) is 0 Å². The first-order valence-corrected chi connectivity index (χ1v) is 6.48. The van der Waals surface area contributed by atoms with Crippen LogP contribution in [0.3, 0.4) is 0 Å². The Balaban J connectivity index is 2.10. The van der Waals surface area contributed by atoms with E-state index < -0.39 is 0 Å². The molecular formula is C14H22N2O. The summed E-state index contributed by atoms with van der Waals surface area (Å²) in [6, 6.07) is 5.91. The fraction of sp³-hybridized carbons (Fsp3) is 0.571. The van der Waals surface area contributed by atoms with Crippen LogP contribution in [0.4, 0.5) is 5.69 Å². The van der Waals surface area contributed by atoms with Crippen LogP contribution in [0.15, 0.2) is 18.2 Å². The lowest BCUT2D eigenvalue weighted by Gasteiger charge is -2.27. The summed E-state index contributed by atoms with van der Waals surface area (Å²) >= 11 is 0. The molecule has 1 aromatic carbocycles. The van der Waals surface area contributed by atoms with Crippen LogP contribution in [0.5, 0.6) is 5.75 Å². The van der Waals surface area contributed by atoms with Crippen molar-refractivity contribution in [2.45, 2.75) is 45.2 Å². The van der Waals surface area contributed by atoms with Gasteiger partial charge in [0.15, 0.2) is 0 Å². The van der Waals surface area contributed by atoms with Crippen LogP contribution in [0.2, 0.25) is 0 Å².